The van der Waals surface area contributed by atoms with Crippen LogP contribution in [-0.4, -0.2) is 28.9 Å². The first kappa shape index (κ1) is 23.8. The molecule has 0 aromatic heterocycles. The Labute approximate surface area is 193 Å². The summed E-state index contributed by atoms with van der Waals surface area (Å²) in [5.41, 5.74) is 0.199. The van der Waals surface area contributed by atoms with Crippen LogP contribution >= 0.6 is 0 Å². The fourth-order valence-electron chi connectivity index (χ4n) is 9.35. The van der Waals surface area contributed by atoms with Crippen LogP contribution in [-0.2, 0) is 19.1 Å². The van der Waals surface area contributed by atoms with E-state index < -0.39 is 5.97 Å². The quantitative estimate of drug-likeness (QED) is 0.564. The molecule has 32 heavy (non-hydrogen) atoms. The van der Waals surface area contributed by atoms with Gasteiger partial charge in [0.2, 0.25) is 0 Å². The SMILES string of the molecule is CC[C@H]1C(=O)[C@@H]2[C@H](CC[C@]3(C)[C@@H]([C@H](C)CC(=O)O)CC[C@@H]23)[C@@]2(C)CC[C@@H](OC(C)=O)C[C@@H]12. The molecule has 4 aliphatic rings. The minimum atomic E-state index is -0.710. The van der Waals surface area contributed by atoms with Crippen LogP contribution in [0.5, 0.6) is 0 Å². The van der Waals surface area contributed by atoms with Crippen molar-refractivity contribution < 1.29 is 24.2 Å². The highest BCUT2D eigenvalue weighted by molar-refractivity contribution is 5.86. The summed E-state index contributed by atoms with van der Waals surface area (Å²) in [5, 5.41) is 9.37. The van der Waals surface area contributed by atoms with Gasteiger partial charge >= 0.3 is 11.9 Å². The average molecular weight is 447 g/mol. The average Bonchev–Trinajstić information content (AvgIpc) is 3.05. The van der Waals surface area contributed by atoms with E-state index in [1.807, 2.05) is 0 Å². The van der Waals surface area contributed by atoms with Crippen molar-refractivity contribution in [1.82, 2.24) is 0 Å². The number of hydrogen-bond acceptors (Lipinski definition) is 4. The van der Waals surface area contributed by atoms with Crippen molar-refractivity contribution in [3.05, 3.63) is 0 Å². The maximum absolute atomic E-state index is 14.1. The monoisotopic (exact) mass is 446 g/mol. The summed E-state index contributed by atoms with van der Waals surface area (Å²) in [5.74, 6) is 1.35. The van der Waals surface area contributed by atoms with Gasteiger partial charge in [-0.2, -0.15) is 0 Å². The highest BCUT2D eigenvalue weighted by atomic mass is 16.5. The second-order valence-corrected chi connectivity index (χ2v) is 12.1. The summed E-state index contributed by atoms with van der Waals surface area (Å²) in [6.45, 7) is 10.5. The van der Waals surface area contributed by atoms with Gasteiger partial charge < -0.3 is 9.84 Å². The van der Waals surface area contributed by atoms with Crippen molar-refractivity contribution in [3.63, 3.8) is 0 Å². The van der Waals surface area contributed by atoms with Crippen LogP contribution in [0.2, 0.25) is 0 Å². The summed E-state index contributed by atoms with van der Waals surface area (Å²) in [7, 11) is 0. The lowest BCUT2D eigenvalue weighted by Crippen LogP contribution is -2.60. The summed E-state index contributed by atoms with van der Waals surface area (Å²) < 4.78 is 5.61. The number of rotatable bonds is 5. The number of carboxylic acids is 1. The number of carbonyl (C=O) groups excluding carboxylic acids is 2. The predicted molar refractivity (Wildman–Crippen MR) is 122 cm³/mol. The van der Waals surface area contributed by atoms with E-state index in [0.717, 1.165) is 51.4 Å². The van der Waals surface area contributed by atoms with Gasteiger partial charge in [0.15, 0.2) is 0 Å². The molecule has 0 spiro atoms. The number of Topliss-reactive ketones (excluding diaryl/α,β-unsaturated/α-hetero) is 1. The third-order valence-electron chi connectivity index (χ3n) is 10.7. The van der Waals surface area contributed by atoms with Crippen molar-refractivity contribution in [3.8, 4) is 0 Å². The molecule has 0 aromatic rings. The molecule has 5 nitrogen and oxygen atoms in total. The van der Waals surface area contributed by atoms with Crippen LogP contribution in [0.25, 0.3) is 0 Å². The lowest BCUT2D eigenvalue weighted by molar-refractivity contribution is -0.178. The van der Waals surface area contributed by atoms with Crippen molar-refractivity contribution >= 4 is 17.7 Å². The fourth-order valence-corrected chi connectivity index (χ4v) is 9.35. The minimum absolute atomic E-state index is 0.0504. The largest absolute Gasteiger partial charge is 0.481 e. The number of fused-ring (bicyclic) bond motifs is 5. The zero-order valence-corrected chi connectivity index (χ0v) is 20.6. The zero-order chi connectivity index (χ0) is 23.4. The lowest BCUT2D eigenvalue weighted by Gasteiger charge is -2.62. The molecule has 1 N–H and O–H groups in total. The molecule has 0 heterocycles. The molecule has 0 saturated heterocycles. The first-order valence-electron chi connectivity index (χ1n) is 13.0. The molecule has 4 fully saturated rings. The topological polar surface area (TPSA) is 80.7 Å². The van der Waals surface area contributed by atoms with Crippen LogP contribution in [0, 0.1) is 52.3 Å². The number of carbonyl (C=O) groups is 3. The second-order valence-electron chi connectivity index (χ2n) is 12.1. The van der Waals surface area contributed by atoms with E-state index in [-0.39, 0.29) is 47.1 Å². The Hall–Kier alpha value is -1.39. The van der Waals surface area contributed by atoms with Crippen molar-refractivity contribution in [2.75, 3.05) is 0 Å². The Bertz CT molecular complexity index is 776. The van der Waals surface area contributed by atoms with E-state index in [4.69, 9.17) is 4.74 Å². The predicted octanol–water partition coefficient (Wildman–Crippen LogP) is 5.50. The van der Waals surface area contributed by atoms with Crippen LogP contribution in [0.1, 0.15) is 92.4 Å². The van der Waals surface area contributed by atoms with Crippen LogP contribution < -0.4 is 0 Å². The molecule has 180 valence electrons. The molecule has 0 aromatic carbocycles. The number of aliphatic carboxylic acids is 1. The standard InChI is InChI=1S/C27H42O5/c1-6-18-22-14-17(32-16(3)28)9-11-27(22,5)21-10-12-26(4)19(15(2)13-23(29)30)7-8-20(26)24(21)25(18)31/h15,17-22,24H,6-14H2,1-5H3,(H,29,30)/t15-,17-,18-,19-,20+,21+,22+,24+,26-,27-/m1/s1. The van der Waals surface area contributed by atoms with Crippen molar-refractivity contribution in [2.45, 2.75) is 98.5 Å². The van der Waals surface area contributed by atoms with E-state index in [1.165, 1.54) is 6.92 Å². The second kappa shape index (κ2) is 8.43. The molecule has 0 unspecified atom stereocenters. The van der Waals surface area contributed by atoms with Gasteiger partial charge in [-0.15, -0.1) is 0 Å². The number of ether oxygens (including phenoxy) is 1. The molecule has 0 bridgehead atoms. The van der Waals surface area contributed by atoms with Gasteiger partial charge in [0, 0.05) is 25.2 Å². The lowest BCUT2D eigenvalue weighted by atomic mass is 9.42. The Balaban J connectivity index is 1.63. The molecular formula is C27H42O5. The van der Waals surface area contributed by atoms with Gasteiger partial charge in [-0.05, 0) is 91.8 Å². The van der Waals surface area contributed by atoms with Gasteiger partial charge in [0.1, 0.15) is 11.9 Å². The molecule has 0 aliphatic heterocycles. The van der Waals surface area contributed by atoms with Gasteiger partial charge in [-0.25, -0.2) is 0 Å². The fraction of sp³-hybridized carbons (Fsp3) is 0.889. The third-order valence-corrected chi connectivity index (χ3v) is 10.7. The molecular weight excluding hydrogens is 404 g/mol. The molecule has 4 saturated carbocycles. The van der Waals surface area contributed by atoms with Gasteiger partial charge in [-0.1, -0.05) is 27.7 Å². The molecule has 4 aliphatic carbocycles. The Morgan fingerprint density at radius 1 is 1.06 bits per heavy atom. The Kier molecular flexibility index (Phi) is 6.26. The van der Waals surface area contributed by atoms with Gasteiger partial charge in [-0.3, -0.25) is 14.4 Å². The van der Waals surface area contributed by atoms with E-state index in [2.05, 4.69) is 27.7 Å². The maximum Gasteiger partial charge on any atom is 0.303 e. The zero-order valence-electron chi connectivity index (χ0n) is 20.6. The van der Waals surface area contributed by atoms with Crippen LogP contribution in [0.3, 0.4) is 0 Å². The van der Waals surface area contributed by atoms with Crippen molar-refractivity contribution in [1.29, 1.82) is 0 Å². The maximum atomic E-state index is 14.1. The highest BCUT2D eigenvalue weighted by Crippen LogP contribution is 2.68. The normalized spacial score (nSPS) is 46.5. The Morgan fingerprint density at radius 3 is 2.34 bits per heavy atom. The summed E-state index contributed by atoms with van der Waals surface area (Å²) in [6, 6.07) is 0. The Morgan fingerprint density at radius 2 is 1.72 bits per heavy atom. The summed E-state index contributed by atoms with van der Waals surface area (Å²) >= 11 is 0. The van der Waals surface area contributed by atoms with E-state index >= 15 is 0 Å². The molecule has 10 atom stereocenters. The van der Waals surface area contributed by atoms with Gasteiger partial charge in [0.05, 0.1) is 0 Å². The molecule has 0 radical (unpaired) electrons. The molecule has 5 heteroatoms. The first-order chi connectivity index (χ1) is 15.0. The number of esters is 1. The van der Waals surface area contributed by atoms with Crippen LogP contribution in [0.4, 0.5) is 0 Å². The van der Waals surface area contributed by atoms with Crippen molar-refractivity contribution in [2.24, 2.45) is 52.3 Å². The summed E-state index contributed by atoms with van der Waals surface area (Å²) in [6.07, 6.45) is 8.08. The number of hydrogen-bond donors (Lipinski definition) is 1. The number of ketones is 1. The molecule has 0 amide bonds. The van der Waals surface area contributed by atoms with Gasteiger partial charge in [0.25, 0.3) is 0 Å². The third kappa shape index (κ3) is 3.62. The summed E-state index contributed by atoms with van der Waals surface area (Å²) in [4.78, 5) is 37.0. The minimum Gasteiger partial charge on any atom is -0.481 e. The highest BCUT2D eigenvalue weighted by Gasteiger charge is 2.65. The number of carboxylic acid groups (broad SMARTS) is 1. The van der Waals surface area contributed by atoms with E-state index in [0.29, 0.717) is 29.5 Å². The van der Waals surface area contributed by atoms with Crippen LogP contribution in [0.15, 0.2) is 0 Å². The smallest absolute Gasteiger partial charge is 0.303 e. The van der Waals surface area contributed by atoms with E-state index in [9.17, 15) is 19.5 Å². The van der Waals surface area contributed by atoms with E-state index in [1.54, 1.807) is 0 Å². The first-order valence-corrected chi connectivity index (χ1v) is 13.0. The molecule has 4 rings (SSSR count).